The minimum Gasteiger partial charge on any atom is -0.480 e. The maximum absolute atomic E-state index is 12.4. The number of nitrogens with zero attached hydrogens (tertiary/aromatic N) is 2. The molecule has 0 bridgehead atoms. The first-order valence-electron chi connectivity index (χ1n) is 7.26. The van der Waals surface area contributed by atoms with Gasteiger partial charge in [0.1, 0.15) is 6.04 Å². The number of hydrogen-bond acceptors (Lipinski definition) is 4. The molecule has 0 aromatic rings. The van der Waals surface area contributed by atoms with E-state index in [1.54, 1.807) is 4.90 Å². The number of carbonyl (C=O) groups excluding carboxylic acids is 2. The summed E-state index contributed by atoms with van der Waals surface area (Å²) in [5.41, 5.74) is 1.01. The van der Waals surface area contributed by atoms with Gasteiger partial charge in [0.15, 0.2) is 0 Å². The van der Waals surface area contributed by atoms with Crippen molar-refractivity contribution in [1.82, 2.24) is 15.1 Å². The molecule has 1 atom stereocenters. The summed E-state index contributed by atoms with van der Waals surface area (Å²) in [6.45, 7) is 2.39. The van der Waals surface area contributed by atoms with Crippen molar-refractivity contribution in [3.05, 3.63) is 11.8 Å². The van der Waals surface area contributed by atoms with Crippen LogP contribution in [0.5, 0.6) is 0 Å². The highest BCUT2D eigenvalue weighted by Gasteiger charge is 2.34. The third-order valence-electron chi connectivity index (χ3n) is 3.88. The van der Waals surface area contributed by atoms with Gasteiger partial charge in [-0.1, -0.05) is 6.08 Å². The second-order valence-electron chi connectivity index (χ2n) is 5.29. The summed E-state index contributed by atoms with van der Waals surface area (Å²) >= 11 is 0. The zero-order valence-electron chi connectivity index (χ0n) is 12.2. The number of allylic oxidation sites excluding steroid dienone is 2. The molecule has 0 aromatic carbocycles. The molecular formula is C14H21N3O4. The molecule has 1 heterocycles. The normalized spacial score (nSPS) is 22.6. The zero-order chi connectivity index (χ0) is 15.4. The number of rotatable bonds is 5. The molecule has 1 unspecified atom stereocenters. The molecule has 2 N–H and O–H groups in total. The summed E-state index contributed by atoms with van der Waals surface area (Å²) < 4.78 is 0. The monoisotopic (exact) mass is 295 g/mol. The van der Waals surface area contributed by atoms with Gasteiger partial charge >= 0.3 is 5.97 Å². The van der Waals surface area contributed by atoms with Crippen LogP contribution in [0.3, 0.4) is 0 Å². The minimum atomic E-state index is -1.02. The largest absolute Gasteiger partial charge is 0.480 e. The molecule has 2 aliphatic rings. The highest BCUT2D eigenvalue weighted by atomic mass is 16.4. The molecule has 7 heteroatoms. The van der Waals surface area contributed by atoms with E-state index in [4.69, 9.17) is 0 Å². The van der Waals surface area contributed by atoms with Crippen LogP contribution in [0.1, 0.15) is 26.2 Å². The Labute approximate surface area is 123 Å². The van der Waals surface area contributed by atoms with Crippen molar-refractivity contribution < 1.29 is 19.5 Å². The first-order valence-corrected chi connectivity index (χ1v) is 7.26. The summed E-state index contributed by atoms with van der Waals surface area (Å²) in [6.07, 6.45) is 4.95. The van der Waals surface area contributed by atoms with Gasteiger partial charge in [0.2, 0.25) is 11.8 Å². The second kappa shape index (κ2) is 6.71. The molecular weight excluding hydrogens is 274 g/mol. The summed E-state index contributed by atoms with van der Waals surface area (Å²) in [5.74, 6) is -1.42. The predicted molar refractivity (Wildman–Crippen MR) is 75.3 cm³/mol. The molecule has 1 saturated heterocycles. The Kier molecular flexibility index (Phi) is 4.95. The molecule has 2 rings (SSSR count). The van der Waals surface area contributed by atoms with Gasteiger partial charge in [0.05, 0.1) is 13.1 Å². The van der Waals surface area contributed by atoms with Crippen molar-refractivity contribution in [2.75, 3.05) is 26.2 Å². The van der Waals surface area contributed by atoms with E-state index in [-0.39, 0.29) is 31.4 Å². The SMILES string of the molecule is CCN(C(=O)CN1CC(=O)NCC1C(=O)O)C1=CCCC1. The molecule has 1 fully saturated rings. The van der Waals surface area contributed by atoms with E-state index < -0.39 is 12.0 Å². The second-order valence-corrected chi connectivity index (χ2v) is 5.29. The summed E-state index contributed by atoms with van der Waals surface area (Å²) in [7, 11) is 0. The lowest BCUT2D eigenvalue weighted by Gasteiger charge is -2.33. The topological polar surface area (TPSA) is 90.0 Å². The summed E-state index contributed by atoms with van der Waals surface area (Å²) in [5, 5.41) is 11.7. The van der Waals surface area contributed by atoms with Crippen LogP contribution in [-0.4, -0.2) is 64.9 Å². The quantitative estimate of drug-likeness (QED) is 0.732. The van der Waals surface area contributed by atoms with Gasteiger partial charge in [-0.15, -0.1) is 0 Å². The number of nitrogens with one attached hydrogen (secondary N) is 1. The average Bonchev–Trinajstić information content (AvgIpc) is 2.93. The van der Waals surface area contributed by atoms with Gasteiger partial charge < -0.3 is 15.3 Å². The highest BCUT2D eigenvalue weighted by Crippen LogP contribution is 2.21. The van der Waals surface area contributed by atoms with Crippen LogP contribution >= 0.6 is 0 Å². The van der Waals surface area contributed by atoms with Crippen molar-refractivity contribution in [2.45, 2.75) is 32.2 Å². The minimum absolute atomic E-state index is 0.0380. The number of aliphatic carboxylic acids is 1. The van der Waals surface area contributed by atoms with E-state index in [9.17, 15) is 19.5 Å². The van der Waals surface area contributed by atoms with Crippen LogP contribution < -0.4 is 5.32 Å². The van der Waals surface area contributed by atoms with E-state index in [1.165, 1.54) is 4.90 Å². The van der Waals surface area contributed by atoms with Crippen LogP contribution in [0.2, 0.25) is 0 Å². The van der Waals surface area contributed by atoms with Gasteiger partial charge in [-0.05, 0) is 26.2 Å². The summed E-state index contributed by atoms with van der Waals surface area (Å²) in [4.78, 5) is 38.2. The van der Waals surface area contributed by atoms with Crippen molar-refractivity contribution in [1.29, 1.82) is 0 Å². The number of carbonyl (C=O) groups is 3. The van der Waals surface area contributed by atoms with E-state index in [0.717, 1.165) is 25.0 Å². The Balaban J connectivity index is 2.04. The third-order valence-corrected chi connectivity index (χ3v) is 3.88. The molecule has 0 spiro atoms. The van der Waals surface area contributed by atoms with E-state index in [0.29, 0.717) is 6.54 Å². The number of carboxylic acid groups (broad SMARTS) is 1. The number of carboxylic acids is 1. The van der Waals surface area contributed by atoms with Gasteiger partial charge in [-0.3, -0.25) is 19.3 Å². The Morgan fingerprint density at radius 3 is 2.86 bits per heavy atom. The predicted octanol–water partition coefficient (Wildman–Crippen LogP) is -0.212. The zero-order valence-corrected chi connectivity index (χ0v) is 12.2. The van der Waals surface area contributed by atoms with E-state index in [2.05, 4.69) is 11.4 Å². The molecule has 1 aliphatic heterocycles. The highest BCUT2D eigenvalue weighted by molar-refractivity contribution is 5.86. The molecule has 2 amide bonds. The number of amides is 2. The van der Waals surface area contributed by atoms with Crippen LogP contribution in [0.4, 0.5) is 0 Å². The number of hydrogen-bond donors (Lipinski definition) is 2. The van der Waals surface area contributed by atoms with Crippen LogP contribution in [-0.2, 0) is 14.4 Å². The lowest BCUT2D eigenvalue weighted by molar-refractivity contribution is -0.147. The van der Waals surface area contributed by atoms with Crippen LogP contribution in [0.15, 0.2) is 11.8 Å². The fourth-order valence-electron chi connectivity index (χ4n) is 2.80. The molecule has 116 valence electrons. The van der Waals surface area contributed by atoms with Gasteiger partial charge in [0.25, 0.3) is 0 Å². The first kappa shape index (κ1) is 15.5. The maximum atomic E-state index is 12.4. The van der Waals surface area contributed by atoms with Crippen LogP contribution in [0, 0.1) is 0 Å². The van der Waals surface area contributed by atoms with Gasteiger partial charge in [-0.2, -0.15) is 0 Å². The molecule has 7 nitrogen and oxygen atoms in total. The Bertz CT molecular complexity index is 475. The van der Waals surface area contributed by atoms with Gasteiger partial charge in [0, 0.05) is 18.8 Å². The lowest BCUT2D eigenvalue weighted by Crippen LogP contribution is -2.59. The van der Waals surface area contributed by atoms with Crippen molar-refractivity contribution >= 4 is 17.8 Å². The fourth-order valence-corrected chi connectivity index (χ4v) is 2.80. The Hall–Kier alpha value is -1.89. The van der Waals surface area contributed by atoms with Gasteiger partial charge in [-0.25, -0.2) is 0 Å². The smallest absolute Gasteiger partial charge is 0.322 e. The molecule has 0 aromatic heterocycles. The standard InChI is InChI=1S/C14H21N3O4/c1-2-17(10-5-3-4-6-10)13(19)9-16-8-12(18)15-7-11(16)14(20)21/h5,11H,2-4,6-9H2,1H3,(H,15,18)(H,20,21). The lowest BCUT2D eigenvalue weighted by atomic mass is 10.2. The summed E-state index contributed by atoms with van der Waals surface area (Å²) in [6, 6.07) is -0.845. The van der Waals surface area contributed by atoms with E-state index in [1.807, 2.05) is 6.92 Å². The molecule has 0 radical (unpaired) electrons. The molecule has 1 aliphatic carbocycles. The first-order chi connectivity index (χ1) is 10.0. The Morgan fingerprint density at radius 1 is 1.52 bits per heavy atom. The van der Waals surface area contributed by atoms with Crippen molar-refractivity contribution in [3.8, 4) is 0 Å². The maximum Gasteiger partial charge on any atom is 0.322 e. The number of piperazine rings is 1. The third kappa shape index (κ3) is 3.60. The van der Waals surface area contributed by atoms with E-state index >= 15 is 0 Å². The van der Waals surface area contributed by atoms with Crippen molar-refractivity contribution in [2.24, 2.45) is 0 Å². The average molecular weight is 295 g/mol. The Morgan fingerprint density at radius 2 is 2.29 bits per heavy atom. The fraction of sp³-hybridized carbons (Fsp3) is 0.643. The molecule has 0 saturated carbocycles. The number of likely N-dealkylation sites (N-methyl/N-ethyl adjacent to an activating group) is 1. The molecule has 21 heavy (non-hydrogen) atoms. The van der Waals surface area contributed by atoms with Crippen LogP contribution in [0.25, 0.3) is 0 Å². The van der Waals surface area contributed by atoms with Crippen molar-refractivity contribution in [3.63, 3.8) is 0 Å².